The lowest BCUT2D eigenvalue weighted by Crippen LogP contribution is -2.42. The maximum absolute atomic E-state index is 3.70. The van der Waals surface area contributed by atoms with Gasteiger partial charge in [0.2, 0.25) is 0 Å². The average molecular weight is 257 g/mol. The van der Waals surface area contributed by atoms with E-state index in [1.807, 2.05) is 0 Å². The van der Waals surface area contributed by atoms with E-state index in [2.05, 4.69) is 44.8 Å². The van der Waals surface area contributed by atoms with Gasteiger partial charge >= 0.3 is 0 Å². The summed E-state index contributed by atoms with van der Waals surface area (Å²) in [6, 6.07) is 0.778. The zero-order chi connectivity index (χ0) is 12.7. The molecule has 102 valence electrons. The van der Waals surface area contributed by atoms with E-state index < -0.39 is 0 Å². The first-order valence-electron chi connectivity index (χ1n) is 7.52. The maximum atomic E-state index is 3.70. The van der Waals surface area contributed by atoms with Crippen LogP contribution in [0.5, 0.6) is 0 Å². The van der Waals surface area contributed by atoms with Crippen LogP contribution in [0.3, 0.4) is 0 Å². The van der Waals surface area contributed by atoms with Gasteiger partial charge in [-0.1, -0.05) is 34.1 Å². The van der Waals surface area contributed by atoms with E-state index in [9.17, 15) is 0 Å². The van der Waals surface area contributed by atoms with E-state index in [1.54, 1.807) is 0 Å². The number of hydrogen-bond acceptors (Lipinski definition) is 2. The Morgan fingerprint density at radius 3 is 2.59 bits per heavy atom. The van der Waals surface area contributed by atoms with Crippen molar-refractivity contribution in [2.75, 3.05) is 12.3 Å². The molecule has 0 aliphatic heterocycles. The molecule has 1 aliphatic rings. The van der Waals surface area contributed by atoms with Crippen LogP contribution in [0.15, 0.2) is 0 Å². The van der Waals surface area contributed by atoms with Gasteiger partial charge in [0.15, 0.2) is 0 Å². The molecule has 0 radical (unpaired) electrons. The molecule has 1 N–H and O–H groups in total. The molecule has 1 aliphatic carbocycles. The lowest BCUT2D eigenvalue weighted by molar-refractivity contribution is 0.297. The lowest BCUT2D eigenvalue weighted by Gasteiger charge is -2.36. The maximum Gasteiger partial charge on any atom is 0.0203 e. The van der Waals surface area contributed by atoms with E-state index in [1.165, 1.54) is 37.9 Å². The van der Waals surface area contributed by atoms with Gasteiger partial charge in [-0.3, -0.25) is 0 Å². The molecule has 17 heavy (non-hydrogen) atoms. The normalized spacial score (nSPS) is 29.8. The molecule has 0 spiro atoms. The molecule has 0 aromatic carbocycles. The molecule has 3 atom stereocenters. The molecule has 0 heterocycles. The van der Waals surface area contributed by atoms with Gasteiger partial charge in [0, 0.05) is 11.3 Å². The Labute approximate surface area is 113 Å². The number of hydrogen-bond donors (Lipinski definition) is 1. The summed E-state index contributed by atoms with van der Waals surface area (Å²) in [5.41, 5.74) is 0. The molecule has 0 aromatic heterocycles. The van der Waals surface area contributed by atoms with Crippen molar-refractivity contribution in [3.8, 4) is 0 Å². The van der Waals surface area contributed by atoms with Crippen LogP contribution in [-0.2, 0) is 0 Å². The van der Waals surface area contributed by atoms with E-state index >= 15 is 0 Å². The molecule has 0 aromatic rings. The molecule has 0 bridgehead atoms. The van der Waals surface area contributed by atoms with Crippen LogP contribution in [-0.4, -0.2) is 23.6 Å². The Morgan fingerprint density at radius 2 is 2.00 bits per heavy atom. The predicted molar refractivity (Wildman–Crippen MR) is 80.8 cm³/mol. The van der Waals surface area contributed by atoms with Gasteiger partial charge in [-0.25, -0.2) is 0 Å². The van der Waals surface area contributed by atoms with Gasteiger partial charge in [-0.2, -0.15) is 11.8 Å². The van der Waals surface area contributed by atoms with Crippen molar-refractivity contribution in [1.82, 2.24) is 5.32 Å². The predicted octanol–water partition coefficient (Wildman–Crippen LogP) is 4.32. The second-order valence-electron chi connectivity index (χ2n) is 5.84. The van der Waals surface area contributed by atoms with Gasteiger partial charge in [0.05, 0.1) is 0 Å². The highest BCUT2D eigenvalue weighted by molar-refractivity contribution is 7.99. The molecular formula is C15H31NS. The van der Waals surface area contributed by atoms with E-state index in [4.69, 9.17) is 0 Å². The van der Waals surface area contributed by atoms with Crippen molar-refractivity contribution >= 4 is 11.8 Å². The summed E-state index contributed by atoms with van der Waals surface area (Å²) in [6.07, 6.45) is 7.02. The third kappa shape index (κ3) is 5.65. The Bertz CT molecular complexity index is 193. The van der Waals surface area contributed by atoms with Crippen LogP contribution >= 0.6 is 11.8 Å². The second kappa shape index (κ2) is 8.42. The highest BCUT2D eigenvalue weighted by Gasteiger charge is 2.29. The summed E-state index contributed by atoms with van der Waals surface area (Å²) in [7, 11) is 0. The SMILES string of the molecule is CCNC1CCC(CC)CC1SCCC(C)C. The van der Waals surface area contributed by atoms with Crippen LogP contribution in [0.1, 0.15) is 59.8 Å². The average Bonchev–Trinajstić information content (AvgIpc) is 2.31. The van der Waals surface area contributed by atoms with Gasteiger partial charge < -0.3 is 5.32 Å². The highest BCUT2D eigenvalue weighted by atomic mass is 32.2. The number of nitrogens with one attached hydrogen (secondary N) is 1. The minimum atomic E-state index is 0.778. The van der Waals surface area contributed by atoms with E-state index in [-0.39, 0.29) is 0 Å². The second-order valence-corrected chi connectivity index (χ2v) is 7.19. The van der Waals surface area contributed by atoms with Gasteiger partial charge in [-0.15, -0.1) is 0 Å². The highest BCUT2D eigenvalue weighted by Crippen LogP contribution is 2.34. The Kier molecular flexibility index (Phi) is 7.61. The van der Waals surface area contributed by atoms with Crippen molar-refractivity contribution in [2.45, 2.75) is 71.1 Å². The van der Waals surface area contributed by atoms with Crippen molar-refractivity contribution < 1.29 is 0 Å². The Hall–Kier alpha value is 0.310. The van der Waals surface area contributed by atoms with Crippen molar-refractivity contribution in [3.63, 3.8) is 0 Å². The van der Waals surface area contributed by atoms with Gasteiger partial charge in [-0.05, 0) is 49.8 Å². The first-order valence-corrected chi connectivity index (χ1v) is 8.57. The molecule has 2 heteroatoms. The zero-order valence-electron chi connectivity index (χ0n) is 12.2. The third-order valence-corrected chi connectivity index (χ3v) is 5.39. The van der Waals surface area contributed by atoms with E-state index in [0.717, 1.165) is 29.7 Å². The summed E-state index contributed by atoms with van der Waals surface area (Å²) >= 11 is 2.23. The van der Waals surface area contributed by atoms with Crippen molar-refractivity contribution in [3.05, 3.63) is 0 Å². The topological polar surface area (TPSA) is 12.0 Å². The zero-order valence-corrected chi connectivity index (χ0v) is 13.0. The summed E-state index contributed by atoms with van der Waals surface area (Å²) in [5.74, 6) is 3.19. The molecule has 0 saturated heterocycles. The van der Waals surface area contributed by atoms with Crippen molar-refractivity contribution in [1.29, 1.82) is 0 Å². The molecular weight excluding hydrogens is 226 g/mol. The van der Waals surface area contributed by atoms with Crippen LogP contribution in [0.2, 0.25) is 0 Å². The van der Waals surface area contributed by atoms with Crippen LogP contribution in [0.4, 0.5) is 0 Å². The summed E-state index contributed by atoms with van der Waals surface area (Å²) in [6.45, 7) is 10.4. The molecule has 1 nitrogen and oxygen atoms in total. The Balaban J connectivity index is 2.37. The monoisotopic (exact) mass is 257 g/mol. The molecule has 1 fully saturated rings. The summed E-state index contributed by atoms with van der Waals surface area (Å²) < 4.78 is 0. The summed E-state index contributed by atoms with van der Waals surface area (Å²) in [4.78, 5) is 0. The molecule has 1 saturated carbocycles. The quantitative estimate of drug-likeness (QED) is 0.729. The number of rotatable bonds is 7. The fraction of sp³-hybridized carbons (Fsp3) is 1.00. The molecule has 1 rings (SSSR count). The minimum Gasteiger partial charge on any atom is -0.313 e. The first kappa shape index (κ1) is 15.4. The third-order valence-electron chi connectivity index (χ3n) is 3.97. The largest absolute Gasteiger partial charge is 0.313 e. The summed E-state index contributed by atoms with van der Waals surface area (Å²) in [5, 5.41) is 4.56. The van der Waals surface area contributed by atoms with Crippen LogP contribution < -0.4 is 5.32 Å². The lowest BCUT2D eigenvalue weighted by atomic mass is 9.84. The fourth-order valence-electron chi connectivity index (χ4n) is 2.72. The number of thioether (sulfide) groups is 1. The van der Waals surface area contributed by atoms with Gasteiger partial charge in [0.25, 0.3) is 0 Å². The Morgan fingerprint density at radius 1 is 1.24 bits per heavy atom. The first-order chi connectivity index (χ1) is 8.17. The molecule has 3 unspecified atom stereocenters. The fourth-order valence-corrected chi connectivity index (χ4v) is 4.50. The molecule has 0 amide bonds. The minimum absolute atomic E-state index is 0.778. The smallest absolute Gasteiger partial charge is 0.0203 e. The van der Waals surface area contributed by atoms with Crippen LogP contribution in [0.25, 0.3) is 0 Å². The van der Waals surface area contributed by atoms with E-state index in [0.29, 0.717) is 0 Å². The standard InChI is InChI=1S/C15H31NS/c1-5-13-7-8-14(16-6-2)15(11-13)17-10-9-12(3)4/h12-16H,5-11H2,1-4H3. The van der Waals surface area contributed by atoms with Gasteiger partial charge in [0.1, 0.15) is 0 Å². The van der Waals surface area contributed by atoms with Crippen molar-refractivity contribution in [2.24, 2.45) is 11.8 Å². The van der Waals surface area contributed by atoms with Crippen LogP contribution in [0, 0.1) is 11.8 Å².